The Balaban J connectivity index is 2.93. The second-order valence-electron chi connectivity index (χ2n) is 3.64. The Kier molecular flexibility index (Phi) is 4.28. The van der Waals surface area contributed by atoms with E-state index in [4.69, 9.17) is 4.74 Å². The summed E-state index contributed by atoms with van der Waals surface area (Å²) in [5, 5.41) is 0. The molecule has 1 rings (SSSR count). The van der Waals surface area contributed by atoms with Crippen LogP contribution in [0.15, 0.2) is 24.3 Å². The van der Waals surface area contributed by atoms with Crippen molar-refractivity contribution in [1.82, 2.24) is 0 Å². The monoisotopic (exact) mass is 225 g/mol. The fourth-order valence-corrected chi connectivity index (χ4v) is 1.41. The topological polar surface area (TPSA) is 29.5 Å². The zero-order valence-electron chi connectivity index (χ0n) is 9.74. The maximum absolute atomic E-state index is 12.8. The Morgan fingerprint density at radius 3 is 2.38 bits per heavy atom. The van der Waals surface area contributed by atoms with E-state index in [1.807, 2.05) is 13.8 Å². The smallest absolute Gasteiger partial charge is 0.414 e. The highest BCUT2D eigenvalue weighted by Crippen LogP contribution is 2.18. The third-order valence-electron chi connectivity index (χ3n) is 2.09. The van der Waals surface area contributed by atoms with E-state index in [1.54, 1.807) is 19.1 Å². The van der Waals surface area contributed by atoms with Crippen LogP contribution in [0.2, 0.25) is 0 Å². The second-order valence-corrected chi connectivity index (χ2v) is 3.64. The lowest BCUT2D eigenvalue weighted by Gasteiger charge is -2.25. The summed E-state index contributed by atoms with van der Waals surface area (Å²) in [7, 11) is 0. The molecule has 0 spiro atoms. The van der Waals surface area contributed by atoms with Gasteiger partial charge in [0.25, 0.3) is 0 Å². The van der Waals surface area contributed by atoms with Gasteiger partial charge in [0.05, 0.1) is 6.61 Å². The molecule has 0 fully saturated rings. The number of hydrogen-bond donors (Lipinski definition) is 0. The minimum absolute atomic E-state index is 0.0375. The first kappa shape index (κ1) is 12.5. The predicted octanol–water partition coefficient (Wildman–Crippen LogP) is 3.20. The normalized spacial score (nSPS) is 10.3. The standard InChI is InChI=1S/C12H16FNO2/c1-4-16-12(15)14(9(2)3)11-7-5-10(13)6-8-11/h5-9H,4H2,1-3H3. The highest BCUT2D eigenvalue weighted by atomic mass is 19.1. The largest absolute Gasteiger partial charge is 0.449 e. The van der Waals surface area contributed by atoms with Crippen LogP contribution in [0.1, 0.15) is 20.8 Å². The van der Waals surface area contributed by atoms with Gasteiger partial charge in [-0.25, -0.2) is 9.18 Å². The minimum atomic E-state index is -0.413. The minimum Gasteiger partial charge on any atom is -0.449 e. The quantitative estimate of drug-likeness (QED) is 0.790. The highest BCUT2D eigenvalue weighted by Gasteiger charge is 2.19. The Labute approximate surface area is 94.8 Å². The summed E-state index contributed by atoms with van der Waals surface area (Å²) in [6.45, 7) is 5.82. The van der Waals surface area contributed by atoms with E-state index < -0.39 is 6.09 Å². The van der Waals surface area contributed by atoms with Crippen LogP contribution in [0.3, 0.4) is 0 Å². The molecule has 0 radical (unpaired) electrons. The zero-order valence-corrected chi connectivity index (χ0v) is 9.74. The molecule has 0 heterocycles. The molecule has 0 atom stereocenters. The van der Waals surface area contributed by atoms with Crippen molar-refractivity contribution in [1.29, 1.82) is 0 Å². The third kappa shape index (κ3) is 2.95. The molecule has 1 aromatic rings. The van der Waals surface area contributed by atoms with Crippen molar-refractivity contribution in [3.8, 4) is 0 Å². The van der Waals surface area contributed by atoms with E-state index in [0.29, 0.717) is 12.3 Å². The van der Waals surface area contributed by atoms with Crippen LogP contribution in [0.5, 0.6) is 0 Å². The van der Waals surface area contributed by atoms with E-state index in [-0.39, 0.29) is 11.9 Å². The van der Waals surface area contributed by atoms with Crippen LogP contribution in [0.25, 0.3) is 0 Å². The molecule has 0 aliphatic carbocycles. The van der Waals surface area contributed by atoms with Crippen LogP contribution in [-0.2, 0) is 4.74 Å². The van der Waals surface area contributed by atoms with Crippen LogP contribution in [0.4, 0.5) is 14.9 Å². The summed E-state index contributed by atoms with van der Waals surface area (Å²) in [6, 6.07) is 5.73. The number of nitrogens with zero attached hydrogens (tertiary/aromatic N) is 1. The molecule has 1 amide bonds. The van der Waals surface area contributed by atoms with Gasteiger partial charge in [0.15, 0.2) is 0 Å². The number of hydrogen-bond acceptors (Lipinski definition) is 2. The molecule has 0 bridgehead atoms. The Bertz CT molecular complexity index is 349. The summed E-state index contributed by atoms with van der Waals surface area (Å²) in [5.74, 6) is -0.323. The molecule has 0 N–H and O–H groups in total. The molecule has 0 unspecified atom stereocenters. The number of amides is 1. The molecule has 3 nitrogen and oxygen atoms in total. The molecule has 0 saturated heterocycles. The molecule has 0 aliphatic heterocycles. The molecule has 0 aliphatic rings. The maximum Gasteiger partial charge on any atom is 0.414 e. The average molecular weight is 225 g/mol. The van der Waals surface area contributed by atoms with Crippen molar-refractivity contribution in [2.75, 3.05) is 11.5 Å². The Hall–Kier alpha value is -1.58. The number of ether oxygens (including phenoxy) is 1. The molecular weight excluding hydrogens is 209 g/mol. The maximum atomic E-state index is 12.8. The van der Waals surface area contributed by atoms with Gasteiger partial charge < -0.3 is 4.74 Å². The first-order valence-corrected chi connectivity index (χ1v) is 5.27. The van der Waals surface area contributed by atoms with Gasteiger partial charge in [0.2, 0.25) is 0 Å². The molecule has 0 saturated carbocycles. The number of carbonyl (C=O) groups excluding carboxylic acids is 1. The van der Waals surface area contributed by atoms with Crippen molar-refractivity contribution >= 4 is 11.8 Å². The number of benzene rings is 1. The number of anilines is 1. The van der Waals surface area contributed by atoms with Crippen molar-refractivity contribution in [3.63, 3.8) is 0 Å². The SMILES string of the molecule is CCOC(=O)N(c1ccc(F)cc1)C(C)C. The van der Waals surface area contributed by atoms with Crippen molar-refractivity contribution < 1.29 is 13.9 Å². The summed E-state index contributed by atoms with van der Waals surface area (Å²) in [5.41, 5.74) is 0.634. The predicted molar refractivity (Wildman–Crippen MR) is 61.0 cm³/mol. The fraction of sp³-hybridized carbons (Fsp3) is 0.417. The first-order valence-electron chi connectivity index (χ1n) is 5.27. The van der Waals surface area contributed by atoms with E-state index in [9.17, 15) is 9.18 Å². The molecule has 88 valence electrons. The van der Waals surface area contributed by atoms with Gasteiger partial charge in [0.1, 0.15) is 5.82 Å². The van der Waals surface area contributed by atoms with Crippen molar-refractivity contribution in [2.24, 2.45) is 0 Å². The molecule has 1 aromatic carbocycles. The summed E-state index contributed by atoms with van der Waals surface area (Å²) >= 11 is 0. The van der Waals surface area contributed by atoms with E-state index >= 15 is 0 Å². The number of halogens is 1. The van der Waals surface area contributed by atoms with Gasteiger partial charge in [-0.2, -0.15) is 0 Å². The fourth-order valence-electron chi connectivity index (χ4n) is 1.41. The summed E-state index contributed by atoms with van der Waals surface area (Å²) in [4.78, 5) is 13.2. The van der Waals surface area contributed by atoms with Crippen LogP contribution < -0.4 is 4.90 Å². The van der Waals surface area contributed by atoms with Gasteiger partial charge in [-0.15, -0.1) is 0 Å². The number of carbonyl (C=O) groups is 1. The summed E-state index contributed by atoms with van der Waals surface area (Å²) in [6.07, 6.45) is -0.413. The van der Waals surface area contributed by atoms with Gasteiger partial charge in [-0.3, -0.25) is 4.90 Å². The zero-order chi connectivity index (χ0) is 12.1. The lowest BCUT2D eigenvalue weighted by atomic mass is 10.2. The van der Waals surface area contributed by atoms with E-state index in [2.05, 4.69) is 0 Å². The van der Waals surface area contributed by atoms with E-state index in [1.165, 1.54) is 17.0 Å². The van der Waals surface area contributed by atoms with Gasteiger partial charge in [-0.1, -0.05) is 0 Å². The highest BCUT2D eigenvalue weighted by molar-refractivity contribution is 5.88. The van der Waals surface area contributed by atoms with Gasteiger partial charge in [-0.05, 0) is 45.0 Å². The lowest BCUT2D eigenvalue weighted by molar-refractivity contribution is 0.158. The third-order valence-corrected chi connectivity index (χ3v) is 2.09. The average Bonchev–Trinajstić information content (AvgIpc) is 2.21. The Morgan fingerprint density at radius 1 is 1.38 bits per heavy atom. The van der Waals surface area contributed by atoms with Crippen molar-refractivity contribution in [2.45, 2.75) is 26.8 Å². The van der Waals surface area contributed by atoms with Gasteiger partial charge in [0, 0.05) is 11.7 Å². The van der Waals surface area contributed by atoms with Crippen LogP contribution in [0, 0.1) is 5.82 Å². The van der Waals surface area contributed by atoms with Crippen LogP contribution in [-0.4, -0.2) is 18.7 Å². The first-order chi connectivity index (χ1) is 7.56. The Morgan fingerprint density at radius 2 is 1.94 bits per heavy atom. The van der Waals surface area contributed by atoms with E-state index in [0.717, 1.165) is 0 Å². The molecule has 4 heteroatoms. The molecule has 0 aromatic heterocycles. The molecular formula is C12H16FNO2. The number of rotatable bonds is 3. The van der Waals surface area contributed by atoms with Crippen molar-refractivity contribution in [3.05, 3.63) is 30.1 Å². The lowest BCUT2D eigenvalue weighted by Crippen LogP contribution is -2.37. The van der Waals surface area contributed by atoms with Crippen LogP contribution >= 0.6 is 0 Å². The van der Waals surface area contributed by atoms with Gasteiger partial charge >= 0.3 is 6.09 Å². The second kappa shape index (κ2) is 5.49. The summed E-state index contributed by atoms with van der Waals surface area (Å²) < 4.78 is 17.7. The molecule has 16 heavy (non-hydrogen) atoms.